The van der Waals surface area contributed by atoms with Gasteiger partial charge in [-0.2, -0.15) is 0 Å². The summed E-state index contributed by atoms with van der Waals surface area (Å²) in [5, 5.41) is 0. The van der Waals surface area contributed by atoms with Crippen LogP contribution in [-0.4, -0.2) is 12.2 Å². The molecular weight excluding hydrogens is 160 g/mol. The zero-order chi connectivity index (χ0) is 9.31. The molecule has 0 radical (unpaired) electrons. The number of rotatable bonds is 0. The molecule has 1 aliphatic carbocycles. The molecular formula is C12H20O. The second-order valence-corrected chi connectivity index (χ2v) is 4.92. The van der Waals surface area contributed by atoms with Gasteiger partial charge >= 0.3 is 0 Å². The quantitative estimate of drug-likeness (QED) is 0.520. The lowest BCUT2D eigenvalue weighted by Gasteiger charge is -2.42. The topological polar surface area (TPSA) is 9.23 Å². The molecule has 74 valence electrons. The zero-order valence-electron chi connectivity index (χ0n) is 8.64. The number of hydrogen-bond donors (Lipinski definition) is 0. The molecule has 1 spiro atoms. The van der Waals surface area contributed by atoms with Gasteiger partial charge in [-0.3, -0.25) is 0 Å². The van der Waals surface area contributed by atoms with Crippen molar-refractivity contribution in [2.45, 2.75) is 51.0 Å². The average molecular weight is 180 g/mol. The van der Waals surface area contributed by atoms with E-state index in [1.807, 2.05) is 0 Å². The minimum absolute atomic E-state index is 0.210. The Hall–Kier alpha value is -0.300. The van der Waals surface area contributed by atoms with E-state index in [4.69, 9.17) is 4.74 Å². The molecule has 1 nitrogen and oxygen atoms in total. The Morgan fingerprint density at radius 3 is 2.92 bits per heavy atom. The molecule has 2 rings (SSSR count). The predicted octanol–water partition coefficient (Wildman–Crippen LogP) is 3.30. The lowest BCUT2D eigenvalue weighted by atomic mass is 9.76. The second-order valence-electron chi connectivity index (χ2n) is 4.92. The molecule has 0 aromatic carbocycles. The monoisotopic (exact) mass is 180 g/mol. The minimum Gasteiger partial charge on any atom is -0.374 e. The van der Waals surface area contributed by atoms with Crippen LogP contribution < -0.4 is 0 Å². The standard InChI is InChI=1S/C12H20O/c1-10-4-3-6-12(8-10)7-5-11(2)9-13-12/h11H,1,3-9H2,2H3/t11-,12+/m1/s1. The Balaban J connectivity index is 1.99. The molecule has 1 aliphatic heterocycles. The van der Waals surface area contributed by atoms with Gasteiger partial charge in [-0.15, -0.1) is 0 Å². The van der Waals surface area contributed by atoms with Crippen LogP contribution in [0.2, 0.25) is 0 Å². The molecule has 0 aromatic heterocycles. The van der Waals surface area contributed by atoms with E-state index in [1.165, 1.54) is 37.7 Å². The average Bonchev–Trinajstić information content (AvgIpc) is 2.11. The van der Waals surface area contributed by atoms with Gasteiger partial charge in [0.25, 0.3) is 0 Å². The van der Waals surface area contributed by atoms with Crippen LogP contribution in [0.15, 0.2) is 12.2 Å². The summed E-state index contributed by atoms with van der Waals surface area (Å²) in [4.78, 5) is 0. The highest BCUT2D eigenvalue weighted by molar-refractivity contribution is 5.07. The van der Waals surface area contributed by atoms with Crippen molar-refractivity contribution in [3.8, 4) is 0 Å². The maximum Gasteiger partial charge on any atom is 0.0719 e. The van der Waals surface area contributed by atoms with E-state index < -0.39 is 0 Å². The first-order valence-corrected chi connectivity index (χ1v) is 5.51. The van der Waals surface area contributed by atoms with Crippen LogP contribution in [0.5, 0.6) is 0 Å². The van der Waals surface area contributed by atoms with Crippen molar-refractivity contribution in [3.63, 3.8) is 0 Å². The van der Waals surface area contributed by atoms with E-state index in [9.17, 15) is 0 Å². The highest BCUT2D eigenvalue weighted by Gasteiger charge is 2.37. The maximum atomic E-state index is 6.03. The Morgan fingerprint density at radius 2 is 2.31 bits per heavy atom. The van der Waals surface area contributed by atoms with Crippen molar-refractivity contribution in [1.29, 1.82) is 0 Å². The SMILES string of the molecule is C=C1CCC[C@]2(CC[C@@H](C)CO2)C1. The summed E-state index contributed by atoms with van der Waals surface area (Å²) in [6, 6.07) is 0. The first-order chi connectivity index (χ1) is 6.20. The van der Waals surface area contributed by atoms with Gasteiger partial charge in [0.15, 0.2) is 0 Å². The van der Waals surface area contributed by atoms with E-state index >= 15 is 0 Å². The van der Waals surface area contributed by atoms with Crippen LogP contribution in [0, 0.1) is 5.92 Å². The zero-order valence-corrected chi connectivity index (χ0v) is 8.64. The first-order valence-electron chi connectivity index (χ1n) is 5.51. The maximum absolute atomic E-state index is 6.03. The Bertz CT molecular complexity index is 199. The molecule has 0 bridgehead atoms. The van der Waals surface area contributed by atoms with Gasteiger partial charge in [-0.1, -0.05) is 19.1 Å². The third kappa shape index (κ3) is 1.96. The van der Waals surface area contributed by atoms with Crippen molar-refractivity contribution < 1.29 is 4.74 Å². The summed E-state index contributed by atoms with van der Waals surface area (Å²) in [7, 11) is 0. The Morgan fingerprint density at radius 1 is 1.46 bits per heavy atom. The van der Waals surface area contributed by atoms with Gasteiger partial charge in [0.05, 0.1) is 5.60 Å². The highest BCUT2D eigenvalue weighted by atomic mass is 16.5. The molecule has 1 heteroatoms. The van der Waals surface area contributed by atoms with Gasteiger partial charge in [0.2, 0.25) is 0 Å². The van der Waals surface area contributed by atoms with E-state index in [1.54, 1.807) is 0 Å². The van der Waals surface area contributed by atoms with Crippen LogP contribution in [0.1, 0.15) is 45.4 Å². The summed E-state index contributed by atoms with van der Waals surface area (Å²) in [5.74, 6) is 0.765. The molecule has 1 heterocycles. The fraction of sp³-hybridized carbons (Fsp3) is 0.833. The Kier molecular flexibility index (Phi) is 2.46. The van der Waals surface area contributed by atoms with Crippen molar-refractivity contribution in [2.24, 2.45) is 5.92 Å². The van der Waals surface area contributed by atoms with Gasteiger partial charge in [-0.25, -0.2) is 0 Å². The molecule has 1 saturated heterocycles. The summed E-state index contributed by atoms with van der Waals surface area (Å²) in [5.41, 5.74) is 1.61. The lowest BCUT2D eigenvalue weighted by molar-refractivity contribution is -0.108. The van der Waals surface area contributed by atoms with Crippen molar-refractivity contribution in [1.82, 2.24) is 0 Å². The van der Waals surface area contributed by atoms with Gasteiger partial charge < -0.3 is 4.74 Å². The lowest BCUT2D eigenvalue weighted by Crippen LogP contribution is -2.40. The van der Waals surface area contributed by atoms with Crippen LogP contribution in [-0.2, 0) is 4.74 Å². The summed E-state index contributed by atoms with van der Waals surface area (Å²) in [6.07, 6.45) is 7.49. The van der Waals surface area contributed by atoms with Crippen molar-refractivity contribution >= 4 is 0 Å². The molecule has 1 saturated carbocycles. The van der Waals surface area contributed by atoms with Crippen LogP contribution in [0.3, 0.4) is 0 Å². The molecule has 0 unspecified atom stereocenters. The molecule has 0 amide bonds. The smallest absolute Gasteiger partial charge is 0.0719 e. The first kappa shape index (κ1) is 9.26. The fourth-order valence-corrected chi connectivity index (χ4v) is 2.61. The molecule has 2 fully saturated rings. The summed E-state index contributed by atoms with van der Waals surface area (Å²) < 4.78 is 6.03. The van der Waals surface area contributed by atoms with E-state index in [-0.39, 0.29) is 5.60 Å². The molecule has 13 heavy (non-hydrogen) atoms. The van der Waals surface area contributed by atoms with E-state index in [0.29, 0.717) is 0 Å². The molecule has 2 atom stereocenters. The molecule has 0 aromatic rings. The number of hydrogen-bond acceptors (Lipinski definition) is 1. The highest BCUT2D eigenvalue weighted by Crippen LogP contribution is 2.41. The summed E-state index contributed by atoms with van der Waals surface area (Å²) >= 11 is 0. The number of ether oxygens (including phenoxy) is 1. The van der Waals surface area contributed by atoms with Gasteiger partial charge in [0.1, 0.15) is 0 Å². The molecule has 2 aliphatic rings. The van der Waals surface area contributed by atoms with Gasteiger partial charge in [0, 0.05) is 6.61 Å². The van der Waals surface area contributed by atoms with Crippen molar-refractivity contribution in [2.75, 3.05) is 6.61 Å². The minimum atomic E-state index is 0.210. The normalized spacial score (nSPS) is 41.0. The van der Waals surface area contributed by atoms with Crippen LogP contribution in [0.25, 0.3) is 0 Å². The predicted molar refractivity (Wildman–Crippen MR) is 54.7 cm³/mol. The summed E-state index contributed by atoms with van der Waals surface area (Å²) in [6.45, 7) is 7.35. The van der Waals surface area contributed by atoms with Crippen molar-refractivity contribution in [3.05, 3.63) is 12.2 Å². The van der Waals surface area contributed by atoms with E-state index in [0.717, 1.165) is 18.9 Å². The molecule has 0 N–H and O–H groups in total. The largest absolute Gasteiger partial charge is 0.374 e. The fourth-order valence-electron chi connectivity index (χ4n) is 2.61. The second kappa shape index (κ2) is 3.45. The van der Waals surface area contributed by atoms with Gasteiger partial charge in [-0.05, 0) is 44.4 Å². The van der Waals surface area contributed by atoms with Crippen LogP contribution in [0.4, 0.5) is 0 Å². The third-order valence-electron chi connectivity index (χ3n) is 3.50. The van der Waals surface area contributed by atoms with E-state index in [2.05, 4.69) is 13.5 Å². The van der Waals surface area contributed by atoms with Crippen LogP contribution >= 0.6 is 0 Å². The Labute approximate surface area is 81.2 Å². The third-order valence-corrected chi connectivity index (χ3v) is 3.50.